The molecule has 106 valence electrons. The number of amides is 1. The summed E-state index contributed by atoms with van der Waals surface area (Å²) in [4.78, 5) is 17.3. The fourth-order valence-electron chi connectivity index (χ4n) is 1.86. The summed E-state index contributed by atoms with van der Waals surface area (Å²) >= 11 is 1.48. The number of rotatable bonds is 3. The molecule has 0 spiro atoms. The van der Waals surface area contributed by atoms with Gasteiger partial charge in [-0.3, -0.25) is 14.8 Å². The first-order valence-electron chi connectivity index (χ1n) is 6.31. The Hall–Kier alpha value is -1.95. The van der Waals surface area contributed by atoms with E-state index in [1.54, 1.807) is 10.8 Å². The number of anilines is 1. The van der Waals surface area contributed by atoms with E-state index >= 15 is 0 Å². The van der Waals surface area contributed by atoms with Crippen LogP contribution >= 0.6 is 11.3 Å². The molecule has 2 aromatic heterocycles. The number of nitrogens with one attached hydrogen (secondary N) is 1. The van der Waals surface area contributed by atoms with E-state index in [1.165, 1.54) is 17.4 Å². The zero-order valence-electron chi connectivity index (χ0n) is 12.3. The van der Waals surface area contributed by atoms with Crippen LogP contribution in [0.5, 0.6) is 0 Å². The monoisotopic (exact) mass is 290 g/mol. The van der Waals surface area contributed by atoms with E-state index in [-0.39, 0.29) is 5.91 Å². The van der Waals surface area contributed by atoms with Gasteiger partial charge in [-0.05, 0) is 33.8 Å². The van der Waals surface area contributed by atoms with Crippen LogP contribution < -0.4 is 5.32 Å². The number of aromatic nitrogens is 3. The molecule has 2 aromatic rings. The van der Waals surface area contributed by atoms with Gasteiger partial charge in [0.2, 0.25) is 5.91 Å². The molecule has 20 heavy (non-hydrogen) atoms. The van der Waals surface area contributed by atoms with Crippen molar-refractivity contribution in [2.45, 2.75) is 27.7 Å². The summed E-state index contributed by atoms with van der Waals surface area (Å²) in [6.07, 6.45) is 3.31. The number of hydrogen-bond acceptors (Lipinski definition) is 4. The highest BCUT2D eigenvalue weighted by Gasteiger charge is 2.08. The Morgan fingerprint density at radius 3 is 2.45 bits per heavy atom. The van der Waals surface area contributed by atoms with Crippen LogP contribution in [0.2, 0.25) is 0 Å². The molecule has 6 heteroatoms. The van der Waals surface area contributed by atoms with Gasteiger partial charge in [0.25, 0.3) is 0 Å². The quantitative estimate of drug-likeness (QED) is 0.884. The molecule has 0 fully saturated rings. The van der Waals surface area contributed by atoms with Crippen LogP contribution in [0.15, 0.2) is 6.08 Å². The van der Waals surface area contributed by atoms with Crippen molar-refractivity contribution in [3.8, 4) is 0 Å². The Bertz CT molecular complexity index is 662. The van der Waals surface area contributed by atoms with Crippen LogP contribution in [0.1, 0.15) is 27.5 Å². The van der Waals surface area contributed by atoms with Gasteiger partial charge in [0.05, 0.1) is 11.4 Å². The summed E-state index contributed by atoms with van der Waals surface area (Å²) in [6.45, 7) is 7.82. The number of hydrogen-bond donors (Lipinski definition) is 1. The summed E-state index contributed by atoms with van der Waals surface area (Å²) in [6, 6.07) is 0. The molecule has 2 heterocycles. The molecule has 1 N–H and O–H groups in total. The van der Waals surface area contributed by atoms with Crippen molar-refractivity contribution in [2.24, 2.45) is 7.05 Å². The number of aryl methyl sites for hydroxylation is 4. The first-order valence-corrected chi connectivity index (χ1v) is 7.13. The molecule has 0 aliphatic carbocycles. The first-order chi connectivity index (χ1) is 9.38. The largest absolute Gasteiger partial charge is 0.298 e. The molecule has 0 saturated carbocycles. The third-order valence-corrected chi connectivity index (χ3v) is 4.21. The van der Waals surface area contributed by atoms with Crippen LogP contribution in [0, 0.1) is 27.7 Å². The van der Waals surface area contributed by atoms with E-state index in [9.17, 15) is 4.79 Å². The van der Waals surface area contributed by atoms with E-state index in [0.29, 0.717) is 5.13 Å². The molecule has 0 radical (unpaired) electrons. The van der Waals surface area contributed by atoms with Crippen LogP contribution in [0.3, 0.4) is 0 Å². The topological polar surface area (TPSA) is 59.8 Å². The third kappa shape index (κ3) is 2.96. The van der Waals surface area contributed by atoms with Crippen LogP contribution in [-0.4, -0.2) is 20.7 Å². The van der Waals surface area contributed by atoms with Crippen LogP contribution in [-0.2, 0) is 11.8 Å². The summed E-state index contributed by atoms with van der Waals surface area (Å²) in [7, 11) is 1.89. The fraction of sp³-hybridized carbons (Fsp3) is 0.357. The lowest BCUT2D eigenvalue weighted by Crippen LogP contribution is -2.07. The van der Waals surface area contributed by atoms with E-state index < -0.39 is 0 Å². The minimum atomic E-state index is -0.179. The van der Waals surface area contributed by atoms with E-state index in [4.69, 9.17) is 0 Å². The SMILES string of the molecule is Cc1nc(NC(=O)C=Cc2c(C)nn(C)c2C)sc1C. The molecule has 0 bridgehead atoms. The van der Waals surface area contributed by atoms with Crippen molar-refractivity contribution >= 4 is 28.5 Å². The van der Waals surface area contributed by atoms with Gasteiger partial charge in [-0.25, -0.2) is 4.98 Å². The summed E-state index contributed by atoms with van der Waals surface area (Å²) in [5.41, 5.74) is 3.88. The first kappa shape index (κ1) is 14.5. The molecule has 0 unspecified atom stereocenters. The van der Waals surface area contributed by atoms with E-state index in [0.717, 1.165) is 27.5 Å². The highest BCUT2D eigenvalue weighted by atomic mass is 32.1. The number of carbonyl (C=O) groups excluding carboxylic acids is 1. The average Bonchev–Trinajstić information content (AvgIpc) is 2.79. The van der Waals surface area contributed by atoms with Crippen molar-refractivity contribution in [2.75, 3.05) is 5.32 Å². The Kier molecular flexibility index (Phi) is 4.04. The predicted molar refractivity (Wildman–Crippen MR) is 81.9 cm³/mol. The van der Waals surface area contributed by atoms with Crippen LogP contribution in [0.4, 0.5) is 5.13 Å². The van der Waals surface area contributed by atoms with Gasteiger partial charge in [-0.2, -0.15) is 5.10 Å². The lowest BCUT2D eigenvalue weighted by atomic mass is 10.2. The van der Waals surface area contributed by atoms with Crippen molar-refractivity contribution < 1.29 is 4.79 Å². The highest BCUT2D eigenvalue weighted by Crippen LogP contribution is 2.21. The Labute approximate surface area is 122 Å². The normalized spacial score (nSPS) is 11.2. The molecule has 0 aliphatic heterocycles. The van der Waals surface area contributed by atoms with Crippen molar-refractivity contribution in [3.63, 3.8) is 0 Å². The number of carbonyl (C=O) groups is 1. The van der Waals surface area contributed by atoms with Gasteiger partial charge in [0.15, 0.2) is 5.13 Å². The Balaban J connectivity index is 2.09. The van der Waals surface area contributed by atoms with Crippen molar-refractivity contribution in [1.82, 2.24) is 14.8 Å². The van der Waals surface area contributed by atoms with Crippen molar-refractivity contribution in [1.29, 1.82) is 0 Å². The Morgan fingerprint density at radius 1 is 1.25 bits per heavy atom. The van der Waals surface area contributed by atoms with Gasteiger partial charge in [0.1, 0.15) is 0 Å². The molecule has 0 atom stereocenters. The lowest BCUT2D eigenvalue weighted by molar-refractivity contribution is -0.111. The number of thiazole rings is 1. The smallest absolute Gasteiger partial charge is 0.250 e. The molecule has 0 aliphatic rings. The standard InChI is InChI=1S/C14H18N4OS/c1-8-11(4)20-14(15-8)16-13(19)7-6-12-9(2)17-18(5)10(12)3/h6-7H,1-5H3,(H,15,16,19). The predicted octanol–water partition coefficient (Wildman–Crippen LogP) is 2.76. The second kappa shape index (κ2) is 5.58. The maximum Gasteiger partial charge on any atom is 0.250 e. The molecule has 0 aromatic carbocycles. The van der Waals surface area contributed by atoms with Gasteiger partial charge in [0, 0.05) is 29.3 Å². The highest BCUT2D eigenvalue weighted by molar-refractivity contribution is 7.15. The van der Waals surface area contributed by atoms with E-state index in [1.807, 2.05) is 34.7 Å². The lowest BCUT2D eigenvalue weighted by Gasteiger charge is -1.96. The number of nitrogens with zero attached hydrogens (tertiary/aromatic N) is 3. The third-order valence-electron chi connectivity index (χ3n) is 3.23. The minimum absolute atomic E-state index is 0.179. The van der Waals surface area contributed by atoms with E-state index in [2.05, 4.69) is 15.4 Å². The molecule has 0 saturated heterocycles. The maximum absolute atomic E-state index is 11.9. The average molecular weight is 290 g/mol. The summed E-state index contributed by atoms with van der Waals surface area (Å²) in [5.74, 6) is -0.179. The minimum Gasteiger partial charge on any atom is -0.298 e. The zero-order chi connectivity index (χ0) is 14.9. The molecule has 1 amide bonds. The van der Waals surface area contributed by atoms with Crippen LogP contribution in [0.25, 0.3) is 6.08 Å². The molecular formula is C14H18N4OS. The summed E-state index contributed by atoms with van der Waals surface area (Å²) < 4.78 is 1.81. The second-order valence-electron chi connectivity index (χ2n) is 4.69. The summed E-state index contributed by atoms with van der Waals surface area (Å²) in [5, 5.41) is 7.72. The molecule has 2 rings (SSSR count). The zero-order valence-corrected chi connectivity index (χ0v) is 13.1. The maximum atomic E-state index is 11.9. The van der Waals surface area contributed by atoms with Crippen molar-refractivity contribution in [3.05, 3.63) is 33.6 Å². The molecule has 5 nitrogen and oxygen atoms in total. The van der Waals surface area contributed by atoms with Gasteiger partial charge >= 0.3 is 0 Å². The Morgan fingerprint density at radius 2 is 1.95 bits per heavy atom. The molecular weight excluding hydrogens is 272 g/mol. The fourth-order valence-corrected chi connectivity index (χ4v) is 2.68. The second-order valence-corrected chi connectivity index (χ2v) is 5.89. The van der Waals surface area contributed by atoms with Gasteiger partial charge in [-0.15, -0.1) is 11.3 Å². The van der Waals surface area contributed by atoms with Gasteiger partial charge < -0.3 is 0 Å². The van der Waals surface area contributed by atoms with Gasteiger partial charge in [-0.1, -0.05) is 0 Å².